The summed E-state index contributed by atoms with van der Waals surface area (Å²) in [7, 11) is 1.56. The van der Waals surface area contributed by atoms with Gasteiger partial charge in [0.2, 0.25) is 5.01 Å². The van der Waals surface area contributed by atoms with Crippen molar-refractivity contribution in [2.75, 3.05) is 30.8 Å². The van der Waals surface area contributed by atoms with Crippen LogP contribution >= 0.6 is 11.3 Å². The molecule has 0 unspecified atom stereocenters. The van der Waals surface area contributed by atoms with E-state index in [1.54, 1.807) is 36.3 Å². The molecule has 1 aliphatic heterocycles. The van der Waals surface area contributed by atoms with Crippen molar-refractivity contribution in [3.05, 3.63) is 64.1 Å². The lowest BCUT2D eigenvalue weighted by Crippen LogP contribution is -2.41. The highest BCUT2D eigenvalue weighted by molar-refractivity contribution is 7.13. The first kappa shape index (κ1) is 22.6. The average Bonchev–Trinajstić information content (AvgIpc) is 3.32. The van der Waals surface area contributed by atoms with E-state index in [2.05, 4.69) is 20.8 Å². The van der Waals surface area contributed by atoms with Crippen LogP contribution in [0.1, 0.15) is 33.6 Å². The van der Waals surface area contributed by atoms with Crippen molar-refractivity contribution in [1.82, 2.24) is 15.1 Å². The molecule has 33 heavy (non-hydrogen) atoms. The number of hydrogen-bond donors (Lipinski definition) is 2. The number of nitrogens with one attached hydrogen (secondary N) is 2. The number of halogens is 2. The topological polar surface area (TPSA) is 96.4 Å². The molecule has 0 radical (unpaired) electrons. The number of carbonyl (C=O) groups is 2. The highest BCUT2D eigenvalue weighted by Gasteiger charge is 2.28. The summed E-state index contributed by atoms with van der Waals surface area (Å²) in [5.41, 5.74) is 0.517. The molecule has 2 N–H and O–H groups in total. The Kier molecular flexibility index (Phi) is 6.78. The zero-order valence-corrected chi connectivity index (χ0v) is 18.5. The highest BCUT2D eigenvalue weighted by atomic mass is 32.1. The molecule has 2 heterocycles. The average molecular weight is 474 g/mol. The minimum Gasteiger partial charge on any atom is -0.497 e. The Labute approximate surface area is 192 Å². The van der Waals surface area contributed by atoms with Crippen molar-refractivity contribution in [2.24, 2.45) is 0 Å². The molecule has 1 atom stereocenters. The number of rotatable bonds is 5. The first-order chi connectivity index (χ1) is 15.9. The molecule has 1 fully saturated rings. The van der Waals surface area contributed by atoms with Gasteiger partial charge in [-0.1, -0.05) is 11.3 Å². The van der Waals surface area contributed by atoms with E-state index in [9.17, 15) is 18.4 Å². The lowest BCUT2D eigenvalue weighted by atomic mass is 9.99. The molecule has 11 heteroatoms. The second kappa shape index (κ2) is 9.90. The van der Waals surface area contributed by atoms with Gasteiger partial charge in [0.25, 0.3) is 5.91 Å². The molecule has 0 saturated carbocycles. The van der Waals surface area contributed by atoms with E-state index >= 15 is 0 Å². The van der Waals surface area contributed by atoms with Gasteiger partial charge in [-0.25, -0.2) is 13.6 Å². The number of anilines is 2. The van der Waals surface area contributed by atoms with Gasteiger partial charge in [-0.05, 0) is 49.2 Å². The van der Waals surface area contributed by atoms with Crippen LogP contribution in [-0.4, -0.2) is 47.2 Å². The molecule has 1 saturated heterocycles. The summed E-state index contributed by atoms with van der Waals surface area (Å²) in [6, 6.07) is 9.42. The van der Waals surface area contributed by atoms with Crippen LogP contribution < -0.4 is 15.4 Å². The number of methoxy groups -OCH3 is 1. The molecule has 4 rings (SSSR count). The summed E-state index contributed by atoms with van der Waals surface area (Å²) < 4.78 is 32.0. The van der Waals surface area contributed by atoms with Crippen molar-refractivity contribution in [3.63, 3.8) is 0 Å². The molecule has 1 aliphatic rings. The monoisotopic (exact) mass is 473 g/mol. The first-order valence-corrected chi connectivity index (χ1v) is 11.0. The summed E-state index contributed by atoms with van der Waals surface area (Å²) >= 11 is 1.18. The van der Waals surface area contributed by atoms with Gasteiger partial charge in [0.15, 0.2) is 0 Å². The Morgan fingerprint density at radius 2 is 1.91 bits per heavy atom. The summed E-state index contributed by atoms with van der Waals surface area (Å²) in [5.74, 6) is -1.34. The third-order valence-electron chi connectivity index (χ3n) is 5.21. The second-order valence-electron chi connectivity index (χ2n) is 7.47. The van der Waals surface area contributed by atoms with Crippen molar-refractivity contribution >= 4 is 34.6 Å². The van der Waals surface area contributed by atoms with Crippen LogP contribution in [0.4, 0.5) is 25.0 Å². The normalized spacial score (nSPS) is 15.7. The predicted octanol–water partition coefficient (Wildman–Crippen LogP) is 4.49. The molecule has 8 nitrogen and oxygen atoms in total. The van der Waals surface area contributed by atoms with Crippen LogP contribution in [0.2, 0.25) is 0 Å². The van der Waals surface area contributed by atoms with Gasteiger partial charge in [0, 0.05) is 30.8 Å². The number of hydrogen-bond acceptors (Lipinski definition) is 6. The highest BCUT2D eigenvalue weighted by Crippen LogP contribution is 2.30. The second-order valence-corrected chi connectivity index (χ2v) is 8.48. The van der Waals surface area contributed by atoms with E-state index in [-0.39, 0.29) is 22.5 Å². The van der Waals surface area contributed by atoms with Crippen molar-refractivity contribution in [2.45, 2.75) is 18.8 Å². The van der Waals surface area contributed by atoms with Gasteiger partial charge in [-0.2, -0.15) is 0 Å². The van der Waals surface area contributed by atoms with Crippen LogP contribution in [0.3, 0.4) is 0 Å². The van der Waals surface area contributed by atoms with Crippen LogP contribution in [0.15, 0.2) is 42.5 Å². The number of likely N-dealkylation sites (tertiary alicyclic amines) is 1. The van der Waals surface area contributed by atoms with E-state index in [4.69, 9.17) is 4.74 Å². The van der Waals surface area contributed by atoms with Crippen molar-refractivity contribution < 1.29 is 23.1 Å². The molecule has 172 valence electrons. The minimum absolute atomic E-state index is 0.0862. The van der Waals surface area contributed by atoms with E-state index in [1.165, 1.54) is 17.4 Å². The molecule has 3 aromatic rings. The maximum atomic E-state index is 13.9. The Hall–Kier alpha value is -3.60. The molecular weight excluding hydrogens is 452 g/mol. The van der Waals surface area contributed by atoms with E-state index in [0.29, 0.717) is 35.6 Å². The van der Waals surface area contributed by atoms with E-state index in [1.807, 2.05) is 0 Å². The molecule has 3 amide bonds. The summed E-state index contributed by atoms with van der Waals surface area (Å²) in [5, 5.41) is 14.3. The third kappa shape index (κ3) is 5.43. The lowest BCUT2D eigenvalue weighted by molar-refractivity contribution is 0.102. The summed E-state index contributed by atoms with van der Waals surface area (Å²) in [4.78, 5) is 26.7. The van der Waals surface area contributed by atoms with Gasteiger partial charge in [0.1, 0.15) is 22.4 Å². The quantitative estimate of drug-likeness (QED) is 0.569. The molecule has 0 spiro atoms. The molecule has 0 aliphatic carbocycles. The maximum Gasteiger partial charge on any atom is 0.321 e. The van der Waals surface area contributed by atoms with Crippen molar-refractivity contribution in [1.29, 1.82) is 0 Å². The number of nitrogens with zero attached hydrogens (tertiary/aromatic N) is 3. The summed E-state index contributed by atoms with van der Waals surface area (Å²) in [6.07, 6.45) is 1.50. The number of urea groups is 1. The van der Waals surface area contributed by atoms with Crippen LogP contribution in [0, 0.1) is 11.6 Å². The zero-order chi connectivity index (χ0) is 23.4. The van der Waals surface area contributed by atoms with E-state index in [0.717, 1.165) is 18.9 Å². The fraction of sp³-hybridized carbons (Fsp3) is 0.273. The number of carbonyl (C=O) groups excluding carboxylic acids is 2. The van der Waals surface area contributed by atoms with Gasteiger partial charge in [-0.3, -0.25) is 4.79 Å². The fourth-order valence-corrected chi connectivity index (χ4v) is 4.36. The Morgan fingerprint density at radius 3 is 2.64 bits per heavy atom. The molecule has 1 aromatic heterocycles. The zero-order valence-electron chi connectivity index (χ0n) is 17.7. The SMILES string of the molecule is COc1ccc(NC(=O)c2nnc([C@H]3CCCN(C(=O)Nc4ccc(F)cc4F)C3)s2)cc1. The van der Waals surface area contributed by atoms with Crippen LogP contribution in [-0.2, 0) is 0 Å². The Bertz CT molecular complexity index is 1160. The lowest BCUT2D eigenvalue weighted by Gasteiger charge is -2.31. The summed E-state index contributed by atoms with van der Waals surface area (Å²) in [6.45, 7) is 0.845. The van der Waals surface area contributed by atoms with Crippen LogP contribution in [0.5, 0.6) is 5.75 Å². The van der Waals surface area contributed by atoms with E-state index < -0.39 is 17.7 Å². The standard InChI is InChI=1S/C22H21F2N5O3S/c1-32-16-7-5-15(6-8-16)25-19(30)21-28-27-20(33-21)13-3-2-10-29(12-13)22(31)26-18-9-4-14(23)11-17(18)24/h4-9,11,13H,2-3,10,12H2,1H3,(H,25,30)(H,26,31)/t13-/m0/s1. The van der Waals surface area contributed by atoms with Gasteiger partial charge < -0.3 is 20.3 Å². The smallest absolute Gasteiger partial charge is 0.321 e. The number of aromatic nitrogens is 2. The van der Waals surface area contributed by atoms with Gasteiger partial charge >= 0.3 is 6.03 Å². The van der Waals surface area contributed by atoms with Gasteiger partial charge in [0.05, 0.1) is 12.8 Å². The minimum atomic E-state index is -0.839. The largest absolute Gasteiger partial charge is 0.497 e. The number of benzene rings is 2. The molecule has 0 bridgehead atoms. The number of amides is 3. The number of ether oxygens (including phenoxy) is 1. The fourth-order valence-electron chi connectivity index (χ4n) is 3.50. The maximum absolute atomic E-state index is 13.9. The molecular formula is C22H21F2N5O3S. The van der Waals surface area contributed by atoms with Crippen LogP contribution in [0.25, 0.3) is 0 Å². The first-order valence-electron chi connectivity index (χ1n) is 10.2. The predicted molar refractivity (Wildman–Crippen MR) is 120 cm³/mol. The Balaban J connectivity index is 1.38. The Morgan fingerprint density at radius 1 is 1.12 bits per heavy atom. The third-order valence-corrected chi connectivity index (χ3v) is 6.30. The van der Waals surface area contributed by atoms with Crippen molar-refractivity contribution in [3.8, 4) is 5.75 Å². The van der Waals surface area contributed by atoms with Gasteiger partial charge in [-0.15, -0.1) is 10.2 Å². The number of piperidine rings is 1. The molecule has 2 aromatic carbocycles.